The van der Waals surface area contributed by atoms with Crippen LogP contribution in [0.3, 0.4) is 0 Å². The van der Waals surface area contributed by atoms with E-state index >= 15 is 0 Å². The summed E-state index contributed by atoms with van der Waals surface area (Å²) in [5.74, 6) is -1.42. The van der Waals surface area contributed by atoms with Gasteiger partial charge in [-0.25, -0.2) is 0 Å². The number of nitrogens with zero attached hydrogens (tertiary/aromatic N) is 3. The standard InChI is InChI=1S/C20H29N3O3/c1-3-21-8-10-22(11-9-21)14-19(24)23-12-17(18(13-23)20(25)26)16-7-5-4-6-15(16)2/h4-7,17-18H,3,8-14H2,1-2H3,(H,25,26)/t17-,18+/m0/s1. The second kappa shape index (κ2) is 8.18. The van der Waals surface area contributed by atoms with E-state index in [1.165, 1.54) is 0 Å². The Kier molecular flexibility index (Phi) is 5.94. The zero-order chi connectivity index (χ0) is 18.7. The van der Waals surface area contributed by atoms with Crippen molar-refractivity contribution in [3.63, 3.8) is 0 Å². The van der Waals surface area contributed by atoms with Crippen molar-refractivity contribution >= 4 is 11.9 Å². The number of carbonyl (C=O) groups excluding carboxylic acids is 1. The van der Waals surface area contributed by atoms with Gasteiger partial charge in [-0.1, -0.05) is 31.2 Å². The van der Waals surface area contributed by atoms with Gasteiger partial charge in [-0.3, -0.25) is 14.5 Å². The number of hydrogen-bond donors (Lipinski definition) is 1. The highest BCUT2D eigenvalue weighted by Crippen LogP contribution is 2.34. The minimum absolute atomic E-state index is 0.0530. The lowest BCUT2D eigenvalue weighted by molar-refractivity contribution is -0.142. The smallest absolute Gasteiger partial charge is 0.308 e. The van der Waals surface area contributed by atoms with Crippen LogP contribution in [0.15, 0.2) is 24.3 Å². The van der Waals surface area contributed by atoms with Gasteiger partial charge in [-0.2, -0.15) is 0 Å². The highest BCUT2D eigenvalue weighted by Gasteiger charge is 2.41. The maximum absolute atomic E-state index is 12.8. The summed E-state index contributed by atoms with van der Waals surface area (Å²) in [5, 5.41) is 9.66. The summed E-state index contributed by atoms with van der Waals surface area (Å²) in [7, 11) is 0. The van der Waals surface area contributed by atoms with Crippen molar-refractivity contribution in [1.29, 1.82) is 0 Å². The molecule has 2 atom stereocenters. The van der Waals surface area contributed by atoms with Crippen LogP contribution in [0.2, 0.25) is 0 Å². The Bertz CT molecular complexity index is 655. The monoisotopic (exact) mass is 359 g/mol. The first-order valence-corrected chi connectivity index (χ1v) is 9.50. The number of piperazine rings is 1. The molecule has 0 bridgehead atoms. The third-order valence-electron chi connectivity index (χ3n) is 5.85. The molecule has 0 unspecified atom stereocenters. The first-order chi connectivity index (χ1) is 12.5. The minimum Gasteiger partial charge on any atom is -0.481 e. The van der Waals surface area contributed by atoms with Crippen LogP contribution >= 0.6 is 0 Å². The van der Waals surface area contributed by atoms with Crippen LogP contribution in [0.1, 0.15) is 24.0 Å². The number of aliphatic carboxylic acids is 1. The number of carboxylic acid groups (broad SMARTS) is 1. The summed E-state index contributed by atoms with van der Waals surface area (Å²) in [5.41, 5.74) is 2.14. The lowest BCUT2D eigenvalue weighted by Crippen LogP contribution is -2.49. The fourth-order valence-electron chi connectivity index (χ4n) is 4.13. The van der Waals surface area contributed by atoms with E-state index in [9.17, 15) is 14.7 Å². The fraction of sp³-hybridized carbons (Fsp3) is 0.600. The predicted octanol–water partition coefficient (Wildman–Crippen LogP) is 1.26. The molecule has 0 aromatic heterocycles. The molecular formula is C20H29N3O3. The molecule has 0 radical (unpaired) electrons. The summed E-state index contributed by atoms with van der Waals surface area (Å²) in [6.07, 6.45) is 0. The number of benzene rings is 1. The van der Waals surface area contributed by atoms with Gasteiger partial charge in [0.15, 0.2) is 0 Å². The van der Waals surface area contributed by atoms with Gasteiger partial charge in [0, 0.05) is 45.2 Å². The third kappa shape index (κ3) is 4.07. The average Bonchev–Trinajstić information content (AvgIpc) is 3.08. The topological polar surface area (TPSA) is 64.1 Å². The first-order valence-electron chi connectivity index (χ1n) is 9.50. The fourth-order valence-corrected chi connectivity index (χ4v) is 4.13. The molecule has 26 heavy (non-hydrogen) atoms. The average molecular weight is 359 g/mol. The number of aryl methyl sites for hydroxylation is 1. The second-order valence-corrected chi connectivity index (χ2v) is 7.42. The molecule has 2 aliphatic heterocycles. The van der Waals surface area contributed by atoms with Gasteiger partial charge in [0.1, 0.15) is 0 Å². The van der Waals surface area contributed by atoms with Crippen LogP contribution in [0, 0.1) is 12.8 Å². The minimum atomic E-state index is -0.815. The van der Waals surface area contributed by atoms with Crippen molar-refractivity contribution in [3.05, 3.63) is 35.4 Å². The van der Waals surface area contributed by atoms with Gasteiger partial charge >= 0.3 is 5.97 Å². The molecule has 2 heterocycles. The summed E-state index contributed by atoms with van der Waals surface area (Å²) in [6, 6.07) is 7.90. The number of amides is 1. The van der Waals surface area contributed by atoms with Crippen molar-refractivity contribution in [3.8, 4) is 0 Å². The zero-order valence-corrected chi connectivity index (χ0v) is 15.7. The van der Waals surface area contributed by atoms with Gasteiger partial charge in [0.2, 0.25) is 5.91 Å². The van der Waals surface area contributed by atoms with E-state index in [0.717, 1.165) is 43.9 Å². The van der Waals surface area contributed by atoms with Crippen molar-refractivity contribution < 1.29 is 14.7 Å². The van der Waals surface area contributed by atoms with Gasteiger partial charge < -0.3 is 14.9 Å². The summed E-state index contributed by atoms with van der Waals surface area (Å²) in [4.78, 5) is 30.9. The maximum Gasteiger partial charge on any atom is 0.308 e. The number of likely N-dealkylation sites (tertiary alicyclic amines) is 1. The highest BCUT2D eigenvalue weighted by molar-refractivity contribution is 5.81. The molecule has 6 nitrogen and oxygen atoms in total. The zero-order valence-electron chi connectivity index (χ0n) is 15.7. The van der Waals surface area contributed by atoms with Crippen LogP contribution < -0.4 is 0 Å². The number of likely N-dealkylation sites (N-methyl/N-ethyl adjacent to an activating group) is 1. The molecule has 2 aliphatic rings. The van der Waals surface area contributed by atoms with Crippen LogP contribution in [-0.4, -0.2) is 84.0 Å². The molecule has 142 valence electrons. The van der Waals surface area contributed by atoms with Crippen LogP contribution in [0.25, 0.3) is 0 Å². The summed E-state index contributed by atoms with van der Waals surface area (Å²) < 4.78 is 0. The SMILES string of the molecule is CCN1CCN(CC(=O)N2C[C@@H](C(=O)O)[C@H](c3ccccc3C)C2)CC1. The molecule has 1 amide bonds. The van der Waals surface area contributed by atoms with Crippen LogP contribution in [0.4, 0.5) is 0 Å². The molecule has 2 fully saturated rings. The number of carboxylic acids is 1. The Balaban J connectivity index is 1.65. The molecule has 0 saturated carbocycles. The van der Waals surface area contributed by atoms with Gasteiger partial charge in [-0.05, 0) is 24.6 Å². The Morgan fingerprint density at radius 3 is 2.35 bits per heavy atom. The lowest BCUT2D eigenvalue weighted by Gasteiger charge is -2.34. The van der Waals surface area contributed by atoms with Crippen molar-refractivity contribution in [2.24, 2.45) is 5.92 Å². The Labute approximate surface area is 155 Å². The second-order valence-electron chi connectivity index (χ2n) is 7.42. The van der Waals surface area contributed by atoms with Gasteiger partial charge in [0.05, 0.1) is 12.5 Å². The Morgan fingerprint density at radius 2 is 1.73 bits per heavy atom. The molecule has 3 rings (SSSR count). The number of rotatable bonds is 5. The third-order valence-corrected chi connectivity index (χ3v) is 5.85. The van der Waals surface area contributed by atoms with Crippen molar-refractivity contribution in [1.82, 2.24) is 14.7 Å². The highest BCUT2D eigenvalue weighted by atomic mass is 16.4. The molecule has 0 aliphatic carbocycles. The Morgan fingerprint density at radius 1 is 1.08 bits per heavy atom. The van der Waals surface area contributed by atoms with Gasteiger partial charge in [0.25, 0.3) is 0 Å². The molecular weight excluding hydrogens is 330 g/mol. The van der Waals surface area contributed by atoms with E-state index in [4.69, 9.17) is 0 Å². The molecule has 1 aromatic rings. The van der Waals surface area contributed by atoms with Crippen LogP contribution in [-0.2, 0) is 9.59 Å². The largest absolute Gasteiger partial charge is 0.481 e. The summed E-state index contributed by atoms with van der Waals surface area (Å²) >= 11 is 0. The van der Waals surface area contributed by atoms with E-state index < -0.39 is 11.9 Å². The molecule has 1 N–H and O–H groups in total. The quantitative estimate of drug-likeness (QED) is 0.857. The molecule has 6 heteroatoms. The van der Waals surface area contributed by atoms with E-state index in [2.05, 4.69) is 16.7 Å². The molecule has 1 aromatic carbocycles. The van der Waals surface area contributed by atoms with Crippen LogP contribution in [0.5, 0.6) is 0 Å². The maximum atomic E-state index is 12.8. The number of carbonyl (C=O) groups is 2. The molecule has 0 spiro atoms. The predicted molar refractivity (Wildman–Crippen MR) is 100 cm³/mol. The lowest BCUT2D eigenvalue weighted by atomic mass is 9.86. The Hall–Kier alpha value is -1.92. The van der Waals surface area contributed by atoms with Crippen molar-refractivity contribution in [2.45, 2.75) is 19.8 Å². The van der Waals surface area contributed by atoms with E-state index in [0.29, 0.717) is 19.6 Å². The van der Waals surface area contributed by atoms with E-state index in [1.807, 2.05) is 31.2 Å². The summed E-state index contributed by atoms with van der Waals surface area (Å²) in [6.45, 7) is 10.2. The molecule has 2 saturated heterocycles. The first kappa shape index (κ1) is 18.9. The normalized spacial score (nSPS) is 24.8. The number of hydrogen-bond acceptors (Lipinski definition) is 4. The van der Waals surface area contributed by atoms with E-state index in [-0.39, 0.29) is 11.8 Å². The van der Waals surface area contributed by atoms with Gasteiger partial charge in [-0.15, -0.1) is 0 Å². The van der Waals surface area contributed by atoms with E-state index in [1.54, 1.807) is 4.90 Å². The van der Waals surface area contributed by atoms with Crippen molar-refractivity contribution in [2.75, 3.05) is 52.4 Å².